The molecular weight excluding hydrogens is 196 g/mol. The summed E-state index contributed by atoms with van der Waals surface area (Å²) in [6, 6.07) is 5.83. The summed E-state index contributed by atoms with van der Waals surface area (Å²) < 4.78 is 0. The minimum atomic E-state index is 0.0101. The van der Waals surface area contributed by atoms with Crippen molar-refractivity contribution >= 4 is 23.4 Å². The highest BCUT2D eigenvalue weighted by Gasteiger charge is 2.04. The number of benzene rings is 1. The lowest BCUT2D eigenvalue weighted by Gasteiger charge is -2.06. The van der Waals surface area contributed by atoms with Gasteiger partial charge in [-0.15, -0.1) is 11.8 Å². The molecule has 4 heteroatoms. The zero-order valence-electron chi connectivity index (χ0n) is 8.33. The van der Waals surface area contributed by atoms with Gasteiger partial charge < -0.3 is 11.1 Å². The van der Waals surface area contributed by atoms with Gasteiger partial charge in [0.1, 0.15) is 0 Å². The van der Waals surface area contributed by atoms with Gasteiger partial charge in [0.25, 0.3) is 0 Å². The average Bonchev–Trinajstić information content (AvgIpc) is 2.20. The first kappa shape index (κ1) is 10.9. The minimum absolute atomic E-state index is 0.0101. The van der Waals surface area contributed by atoms with Gasteiger partial charge in [0, 0.05) is 17.6 Å². The van der Waals surface area contributed by atoms with Crippen molar-refractivity contribution in [2.24, 2.45) is 0 Å². The lowest BCUT2D eigenvalue weighted by Crippen LogP contribution is -2.19. The Morgan fingerprint density at radius 1 is 1.57 bits per heavy atom. The quantitative estimate of drug-likeness (QED) is 0.586. The van der Waals surface area contributed by atoms with Crippen LogP contribution in [0.1, 0.15) is 5.56 Å². The van der Waals surface area contributed by atoms with E-state index in [2.05, 4.69) is 5.32 Å². The van der Waals surface area contributed by atoms with Gasteiger partial charge in [-0.25, -0.2) is 0 Å². The molecule has 0 aromatic heterocycles. The number of nitrogen functional groups attached to an aromatic ring is 1. The molecule has 0 radical (unpaired) electrons. The van der Waals surface area contributed by atoms with E-state index in [4.69, 9.17) is 5.73 Å². The van der Waals surface area contributed by atoms with Gasteiger partial charge in [-0.1, -0.05) is 12.1 Å². The van der Waals surface area contributed by atoms with Gasteiger partial charge in [0.05, 0.1) is 5.75 Å². The van der Waals surface area contributed by atoms with Crippen LogP contribution >= 0.6 is 11.8 Å². The molecule has 0 aliphatic heterocycles. The van der Waals surface area contributed by atoms with E-state index in [0.29, 0.717) is 5.75 Å². The second-order valence-electron chi connectivity index (χ2n) is 2.95. The van der Waals surface area contributed by atoms with Crippen LogP contribution in [0.4, 0.5) is 5.69 Å². The molecule has 3 nitrogen and oxygen atoms in total. The first-order valence-corrected chi connectivity index (χ1v) is 5.32. The molecule has 14 heavy (non-hydrogen) atoms. The SMILES string of the molecule is CNC(=O)CSc1cccc(C)c1N. The highest BCUT2D eigenvalue weighted by molar-refractivity contribution is 8.00. The molecule has 0 saturated heterocycles. The summed E-state index contributed by atoms with van der Waals surface area (Å²) in [6.45, 7) is 1.96. The minimum Gasteiger partial charge on any atom is -0.398 e. The molecule has 0 atom stereocenters. The zero-order chi connectivity index (χ0) is 10.6. The zero-order valence-corrected chi connectivity index (χ0v) is 9.15. The Balaban J connectivity index is 2.68. The number of anilines is 1. The molecule has 0 saturated carbocycles. The summed E-state index contributed by atoms with van der Waals surface area (Å²) in [5.74, 6) is 0.417. The number of nitrogens with one attached hydrogen (secondary N) is 1. The molecule has 0 unspecified atom stereocenters. The molecule has 1 rings (SSSR count). The van der Waals surface area contributed by atoms with E-state index in [1.54, 1.807) is 7.05 Å². The molecule has 76 valence electrons. The molecule has 0 fully saturated rings. The van der Waals surface area contributed by atoms with E-state index >= 15 is 0 Å². The van der Waals surface area contributed by atoms with Crippen LogP contribution in [0.2, 0.25) is 0 Å². The summed E-state index contributed by atoms with van der Waals surface area (Å²) in [5.41, 5.74) is 7.67. The molecule has 0 aliphatic carbocycles. The van der Waals surface area contributed by atoms with Crippen molar-refractivity contribution in [2.45, 2.75) is 11.8 Å². The Kier molecular flexibility index (Phi) is 3.83. The standard InChI is InChI=1S/C10H14N2OS/c1-7-4-3-5-8(10(7)11)14-6-9(13)12-2/h3-5H,6,11H2,1-2H3,(H,12,13). The number of aryl methyl sites for hydroxylation is 1. The second kappa shape index (κ2) is 4.91. The number of nitrogens with two attached hydrogens (primary N) is 1. The van der Waals surface area contributed by atoms with Gasteiger partial charge in [0.15, 0.2) is 0 Å². The highest BCUT2D eigenvalue weighted by Crippen LogP contribution is 2.26. The number of para-hydroxylation sites is 1. The monoisotopic (exact) mass is 210 g/mol. The van der Waals surface area contributed by atoms with Crippen molar-refractivity contribution in [1.82, 2.24) is 5.32 Å². The molecule has 1 aromatic rings. The summed E-state index contributed by atoms with van der Waals surface area (Å²) >= 11 is 1.46. The van der Waals surface area contributed by atoms with Crippen molar-refractivity contribution in [1.29, 1.82) is 0 Å². The molecule has 0 aliphatic rings. The van der Waals surface area contributed by atoms with Gasteiger partial charge in [-0.2, -0.15) is 0 Å². The Morgan fingerprint density at radius 3 is 2.93 bits per heavy atom. The van der Waals surface area contributed by atoms with E-state index in [1.165, 1.54) is 11.8 Å². The van der Waals surface area contributed by atoms with Crippen LogP contribution in [0.3, 0.4) is 0 Å². The van der Waals surface area contributed by atoms with Crippen LogP contribution in [0, 0.1) is 6.92 Å². The number of carbonyl (C=O) groups is 1. The first-order chi connectivity index (χ1) is 6.65. The van der Waals surface area contributed by atoms with E-state index in [0.717, 1.165) is 16.1 Å². The van der Waals surface area contributed by atoms with Gasteiger partial charge >= 0.3 is 0 Å². The fraction of sp³-hybridized carbons (Fsp3) is 0.300. The smallest absolute Gasteiger partial charge is 0.230 e. The summed E-state index contributed by atoms with van der Waals surface area (Å²) in [5, 5.41) is 2.57. The Hall–Kier alpha value is -1.16. The molecule has 0 spiro atoms. The maximum Gasteiger partial charge on any atom is 0.230 e. The molecule has 1 amide bonds. The topological polar surface area (TPSA) is 55.1 Å². The number of carbonyl (C=O) groups excluding carboxylic acids is 1. The van der Waals surface area contributed by atoms with Crippen molar-refractivity contribution in [3.63, 3.8) is 0 Å². The number of amides is 1. The summed E-state index contributed by atoms with van der Waals surface area (Å²) in [4.78, 5) is 12.0. The number of hydrogen-bond donors (Lipinski definition) is 2. The van der Waals surface area contributed by atoms with Gasteiger partial charge in [-0.05, 0) is 18.6 Å². The third-order valence-corrected chi connectivity index (χ3v) is 3.00. The third kappa shape index (κ3) is 2.67. The van der Waals surface area contributed by atoms with E-state index in [1.807, 2.05) is 25.1 Å². The third-order valence-electron chi connectivity index (χ3n) is 1.92. The highest BCUT2D eigenvalue weighted by atomic mass is 32.2. The summed E-state index contributed by atoms with van der Waals surface area (Å²) in [7, 11) is 1.63. The van der Waals surface area contributed by atoms with Crippen LogP contribution in [0.5, 0.6) is 0 Å². The molecule has 0 bridgehead atoms. The number of rotatable bonds is 3. The predicted octanol–water partition coefficient (Wildman–Crippen LogP) is 1.42. The van der Waals surface area contributed by atoms with Crippen LogP contribution in [-0.2, 0) is 4.79 Å². The van der Waals surface area contributed by atoms with Crippen LogP contribution in [0.15, 0.2) is 23.1 Å². The normalized spacial score (nSPS) is 9.86. The lowest BCUT2D eigenvalue weighted by molar-refractivity contribution is -0.118. The molecule has 3 N–H and O–H groups in total. The van der Waals surface area contributed by atoms with E-state index < -0.39 is 0 Å². The van der Waals surface area contributed by atoms with Crippen molar-refractivity contribution in [3.05, 3.63) is 23.8 Å². The first-order valence-electron chi connectivity index (χ1n) is 4.33. The van der Waals surface area contributed by atoms with Crippen LogP contribution in [-0.4, -0.2) is 18.7 Å². The predicted molar refractivity (Wildman–Crippen MR) is 60.4 cm³/mol. The van der Waals surface area contributed by atoms with Gasteiger partial charge in [-0.3, -0.25) is 4.79 Å². The van der Waals surface area contributed by atoms with E-state index in [-0.39, 0.29) is 5.91 Å². The lowest BCUT2D eigenvalue weighted by atomic mass is 10.2. The van der Waals surface area contributed by atoms with Gasteiger partial charge in [0.2, 0.25) is 5.91 Å². The number of thioether (sulfide) groups is 1. The number of hydrogen-bond acceptors (Lipinski definition) is 3. The maximum atomic E-state index is 11.0. The van der Waals surface area contributed by atoms with Crippen molar-refractivity contribution in [3.8, 4) is 0 Å². The van der Waals surface area contributed by atoms with Crippen molar-refractivity contribution in [2.75, 3.05) is 18.5 Å². The second-order valence-corrected chi connectivity index (χ2v) is 3.97. The van der Waals surface area contributed by atoms with E-state index in [9.17, 15) is 4.79 Å². The molecular formula is C10H14N2OS. The van der Waals surface area contributed by atoms with Crippen LogP contribution in [0.25, 0.3) is 0 Å². The fourth-order valence-electron chi connectivity index (χ4n) is 0.995. The molecule has 0 heterocycles. The van der Waals surface area contributed by atoms with Crippen molar-refractivity contribution < 1.29 is 4.79 Å². The Bertz CT molecular complexity index is 339. The molecule has 1 aromatic carbocycles. The largest absolute Gasteiger partial charge is 0.398 e. The Labute approximate surface area is 88.1 Å². The maximum absolute atomic E-state index is 11.0. The average molecular weight is 210 g/mol. The summed E-state index contributed by atoms with van der Waals surface area (Å²) in [6.07, 6.45) is 0. The van der Waals surface area contributed by atoms with Crippen LogP contribution < -0.4 is 11.1 Å². The Morgan fingerprint density at radius 2 is 2.29 bits per heavy atom. The fourth-order valence-corrected chi connectivity index (χ4v) is 1.92.